The van der Waals surface area contributed by atoms with Crippen molar-refractivity contribution in [2.24, 2.45) is 0 Å². The van der Waals surface area contributed by atoms with E-state index in [2.05, 4.69) is 9.47 Å². The first-order valence-electron chi connectivity index (χ1n) is 17.7. The fourth-order valence-electron chi connectivity index (χ4n) is 4.98. The highest BCUT2D eigenvalue weighted by molar-refractivity contribution is 5.70. The lowest BCUT2D eigenvalue weighted by Gasteiger charge is -2.46. The van der Waals surface area contributed by atoms with Crippen molar-refractivity contribution in [2.45, 2.75) is 181 Å². The largest absolute Gasteiger partial charge is 0.462 e. The van der Waals surface area contributed by atoms with Gasteiger partial charge in [0.15, 0.2) is 0 Å². The predicted molar refractivity (Wildman–Crippen MR) is 158 cm³/mol. The molecule has 0 rings (SSSR count). The number of hydrogen-bond donors (Lipinski definition) is 0. The highest BCUT2D eigenvalue weighted by Crippen LogP contribution is 2.68. The molecule has 0 aliphatic heterocycles. The minimum Gasteiger partial charge on any atom is -0.462 e. The first-order valence-corrected chi connectivity index (χ1v) is 17.7. The normalized spacial score (nSPS) is 15.7. The van der Waals surface area contributed by atoms with Gasteiger partial charge in [-0.05, 0) is 12.8 Å². The van der Waals surface area contributed by atoms with Crippen molar-refractivity contribution in [3.63, 3.8) is 0 Å². The Labute approximate surface area is 337 Å². The van der Waals surface area contributed by atoms with Crippen molar-refractivity contribution in [3.8, 4) is 0 Å². The molecule has 0 fully saturated rings. The molecule has 63 heavy (non-hydrogen) atoms. The predicted octanol–water partition coefficient (Wildman–Crippen LogP) is 13.7. The zero-order valence-corrected chi connectivity index (χ0v) is 31.8. The van der Waals surface area contributed by atoms with Gasteiger partial charge in [0.05, 0.1) is 6.42 Å². The third-order valence-corrected chi connectivity index (χ3v) is 8.94. The van der Waals surface area contributed by atoms with E-state index in [1.807, 2.05) is 0 Å². The van der Waals surface area contributed by atoms with Gasteiger partial charge < -0.3 is 9.47 Å². The second-order valence-corrected chi connectivity index (χ2v) is 13.8. The summed E-state index contributed by atoms with van der Waals surface area (Å²) < 4.78 is 384. The molecule has 4 nitrogen and oxygen atoms in total. The molecule has 0 aliphatic carbocycles. The Morgan fingerprint density at radius 3 is 0.937 bits per heavy atom. The van der Waals surface area contributed by atoms with E-state index in [9.17, 15) is 128 Å². The van der Waals surface area contributed by atoms with Gasteiger partial charge in [0.1, 0.15) is 12.7 Å². The molecule has 1 unspecified atom stereocenters. The number of carbonyl (C=O) groups excluding carboxylic acids is 2. The highest BCUT2D eigenvalue weighted by atomic mass is 19.4. The molecule has 0 bridgehead atoms. The van der Waals surface area contributed by atoms with Crippen LogP contribution < -0.4 is 0 Å². The standard InChI is InChI=1S/C32H35F27O4/c1-3-5-7-9-11-13-18(60)62-16-17(63-19(61)14-12-10-8-6-4-2)15-20(33,34)21(35,36)22(37,38)23(39,40)24(41,42)25(43,44)26(45,46)27(47,48)28(49,50)29(51,52)30(53,54)31(55,56)32(57,58)59/h17H,3-16H2,1-2H3. The second-order valence-electron chi connectivity index (χ2n) is 13.8. The Balaban J connectivity index is 7.13. The van der Waals surface area contributed by atoms with E-state index in [1.165, 1.54) is 0 Å². The SMILES string of the molecule is CCCCCCCC(=O)OCC(CC(F)(F)C(F)(F)C(F)(F)C(F)(F)C(F)(F)C(F)(F)C(F)(F)C(F)(F)C(F)(F)C(F)(F)C(F)(F)C(F)(F)C(F)(F)F)OC(=O)CCCCCCC. The van der Waals surface area contributed by atoms with Gasteiger partial charge in [-0.2, -0.15) is 119 Å². The number of ether oxygens (including phenoxy) is 2. The molecule has 0 saturated carbocycles. The Kier molecular flexibility index (Phi) is 18.9. The third kappa shape index (κ3) is 10.9. The molecular formula is C32H35F27O4. The van der Waals surface area contributed by atoms with Gasteiger partial charge in [0, 0.05) is 12.8 Å². The van der Waals surface area contributed by atoms with Gasteiger partial charge in [0.25, 0.3) is 0 Å². The molecule has 0 spiro atoms. The molecule has 0 aromatic heterocycles. The minimum atomic E-state index is -9.87. The maximum absolute atomic E-state index is 14.9. The molecule has 31 heteroatoms. The van der Waals surface area contributed by atoms with Gasteiger partial charge in [-0.15, -0.1) is 0 Å². The fourth-order valence-corrected chi connectivity index (χ4v) is 4.98. The van der Waals surface area contributed by atoms with Crippen LogP contribution in [0.1, 0.15) is 97.3 Å². The van der Waals surface area contributed by atoms with Crippen LogP contribution in [0.2, 0.25) is 0 Å². The minimum absolute atomic E-state index is 0.0268. The smallest absolute Gasteiger partial charge is 0.460 e. The maximum atomic E-state index is 14.9. The van der Waals surface area contributed by atoms with E-state index >= 15 is 0 Å². The Morgan fingerprint density at radius 2 is 0.635 bits per heavy atom. The zero-order valence-electron chi connectivity index (χ0n) is 31.8. The molecule has 0 saturated heterocycles. The lowest BCUT2D eigenvalue weighted by Crippen LogP contribution is -2.78. The average molecular weight is 997 g/mol. The van der Waals surface area contributed by atoms with E-state index < -0.39 is 121 Å². The van der Waals surface area contributed by atoms with Crippen molar-refractivity contribution in [1.82, 2.24) is 0 Å². The van der Waals surface area contributed by atoms with Crippen LogP contribution in [0.5, 0.6) is 0 Å². The summed E-state index contributed by atoms with van der Waals surface area (Å²) in [7, 11) is 0. The maximum Gasteiger partial charge on any atom is 0.460 e. The van der Waals surface area contributed by atoms with E-state index in [4.69, 9.17) is 0 Å². The van der Waals surface area contributed by atoms with E-state index in [0.717, 1.165) is 0 Å². The number of alkyl halides is 27. The van der Waals surface area contributed by atoms with Gasteiger partial charge >= 0.3 is 89.2 Å². The monoisotopic (exact) mass is 996 g/mol. The van der Waals surface area contributed by atoms with Crippen LogP contribution in [0.4, 0.5) is 119 Å². The summed E-state index contributed by atoms with van der Waals surface area (Å²) in [5.74, 6) is -114. The average Bonchev–Trinajstić information content (AvgIpc) is 3.12. The number of esters is 2. The topological polar surface area (TPSA) is 52.6 Å². The summed E-state index contributed by atoms with van der Waals surface area (Å²) in [6.07, 6.45) is -12.7. The summed E-state index contributed by atoms with van der Waals surface area (Å²) >= 11 is 0. The lowest BCUT2D eigenvalue weighted by molar-refractivity contribution is -0.485. The molecule has 0 heterocycles. The fraction of sp³-hybridized carbons (Fsp3) is 0.938. The molecule has 0 radical (unpaired) electrons. The molecule has 376 valence electrons. The van der Waals surface area contributed by atoms with Crippen molar-refractivity contribution in [3.05, 3.63) is 0 Å². The second kappa shape index (κ2) is 19.9. The van der Waals surface area contributed by atoms with Gasteiger partial charge in [-0.3, -0.25) is 9.59 Å². The van der Waals surface area contributed by atoms with Gasteiger partial charge in [0.2, 0.25) is 0 Å². The van der Waals surface area contributed by atoms with Crippen LogP contribution in [-0.4, -0.2) is 102 Å². The summed E-state index contributed by atoms with van der Waals surface area (Å²) in [4.78, 5) is 24.2. The van der Waals surface area contributed by atoms with Crippen molar-refractivity contribution in [1.29, 1.82) is 0 Å². The van der Waals surface area contributed by atoms with Crippen LogP contribution >= 0.6 is 0 Å². The number of carbonyl (C=O) groups is 2. The summed E-state index contributed by atoms with van der Waals surface area (Å²) in [6.45, 7) is 1.58. The van der Waals surface area contributed by atoms with Gasteiger partial charge in [-0.1, -0.05) is 65.2 Å². The van der Waals surface area contributed by atoms with Crippen LogP contribution in [0, 0.1) is 0 Å². The van der Waals surface area contributed by atoms with Gasteiger partial charge in [-0.25, -0.2) is 0 Å². The number of unbranched alkanes of at least 4 members (excludes halogenated alkanes) is 8. The summed E-state index contributed by atoms with van der Waals surface area (Å²) in [5, 5.41) is 0. The number of hydrogen-bond acceptors (Lipinski definition) is 4. The van der Waals surface area contributed by atoms with Crippen LogP contribution in [-0.2, 0) is 19.1 Å². The van der Waals surface area contributed by atoms with E-state index in [-0.39, 0.29) is 19.3 Å². The highest BCUT2D eigenvalue weighted by Gasteiger charge is 3.00. The zero-order chi connectivity index (χ0) is 50.5. The van der Waals surface area contributed by atoms with Crippen LogP contribution in [0.25, 0.3) is 0 Å². The number of rotatable bonds is 28. The van der Waals surface area contributed by atoms with Crippen LogP contribution in [0.15, 0.2) is 0 Å². The quantitative estimate of drug-likeness (QED) is 0.0445. The third-order valence-electron chi connectivity index (χ3n) is 8.94. The molecule has 0 aliphatic rings. The lowest BCUT2D eigenvalue weighted by atomic mass is 9.83. The first-order chi connectivity index (χ1) is 27.8. The molecular weight excluding hydrogens is 961 g/mol. The van der Waals surface area contributed by atoms with E-state index in [0.29, 0.717) is 44.9 Å². The Morgan fingerprint density at radius 1 is 0.365 bits per heavy atom. The summed E-state index contributed by atoms with van der Waals surface area (Å²) in [6, 6.07) is 0. The number of halogens is 27. The Bertz CT molecular complexity index is 1490. The molecule has 0 amide bonds. The molecule has 0 aromatic rings. The van der Waals surface area contributed by atoms with Crippen molar-refractivity contribution >= 4 is 11.9 Å². The molecule has 1 atom stereocenters. The first kappa shape index (κ1) is 60.1. The van der Waals surface area contributed by atoms with E-state index in [1.54, 1.807) is 13.8 Å². The van der Waals surface area contributed by atoms with Crippen LogP contribution in [0.3, 0.4) is 0 Å². The van der Waals surface area contributed by atoms with Crippen molar-refractivity contribution in [2.75, 3.05) is 6.61 Å². The molecule has 0 N–H and O–H groups in total. The molecule has 0 aromatic carbocycles. The van der Waals surface area contributed by atoms with Crippen molar-refractivity contribution < 1.29 is 138 Å². The summed E-state index contributed by atoms with van der Waals surface area (Å²) in [5.41, 5.74) is 0. The Hall–Kier alpha value is -2.95.